The molecule has 1 aromatic rings. The highest BCUT2D eigenvalue weighted by Crippen LogP contribution is 2.24. The fourth-order valence-corrected chi connectivity index (χ4v) is 2.17. The third-order valence-electron chi connectivity index (χ3n) is 3.04. The van der Waals surface area contributed by atoms with Crippen molar-refractivity contribution in [3.8, 4) is 0 Å². The van der Waals surface area contributed by atoms with E-state index in [9.17, 15) is 14.4 Å². The van der Waals surface area contributed by atoms with Crippen molar-refractivity contribution in [3.63, 3.8) is 0 Å². The van der Waals surface area contributed by atoms with Crippen LogP contribution >= 0.6 is 23.2 Å². The predicted octanol–water partition coefficient (Wildman–Crippen LogP) is 1.11. The van der Waals surface area contributed by atoms with Gasteiger partial charge in [0.05, 0.1) is 23.2 Å². The molecule has 3 N–H and O–H groups in total. The predicted molar refractivity (Wildman–Crippen MR) is 91.5 cm³/mol. The molecule has 1 aromatic carbocycles. The largest absolute Gasteiger partial charge is 0.450 e. The second-order valence-electron chi connectivity index (χ2n) is 4.90. The average molecular weight is 377 g/mol. The van der Waals surface area contributed by atoms with E-state index < -0.39 is 12.0 Å². The van der Waals surface area contributed by atoms with Crippen LogP contribution in [-0.2, 0) is 14.3 Å². The monoisotopic (exact) mass is 376 g/mol. The maximum atomic E-state index is 12.1. The van der Waals surface area contributed by atoms with Gasteiger partial charge in [-0.15, -0.1) is 0 Å². The SMILES string of the molecule is CCOC(=O)NC(=O)C[NH+](CC)CC(=O)Nc1ccc(Cl)c(Cl)c1. The van der Waals surface area contributed by atoms with Crippen LogP contribution in [0.4, 0.5) is 10.5 Å². The maximum absolute atomic E-state index is 12.1. The lowest BCUT2D eigenvalue weighted by molar-refractivity contribution is -0.881. The van der Waals surface area contributed by atoms with E-state index in [1.807, 2.05) is 6.92 Å². The highest BCUT2D eigenvalue weighted by molar-refractivity contribution is 6.42. The molecule has 0 radical (unpaired) electrons. The molecule has 0 saturated carbocycles. The number of halogens is 2. The Morgan fingerprint density at radius 1 is 1.08 bits per heavy atom. The van der Waals surface area contributed by atoms with Crippen LogP contribution in [0.1, 0.15) is 13.8 Å². The maximum Gasteiger partial charge on any atom is 0.414 e. The Balaban J connectivity index is 2.51. The fourth-order valence-electron chi connectivity index (χ4n) is 1.87. The summed E-state index contributed by atoms with van der Waals surface area (Å²) in [4.78, 5) is 35.6. The fraction of sp³-hybridized carbons (Fsp3) is 0.400. The number of hydrogen-bond donors (Lipinski definition) is 3. The molecule has 3 amide bonds. The van der Waals surface area contributed by atoms with Crippen molar-refractivity contribution in [2.24, 2.45) is 0 Å². The summed E-state index contributed by atoms with van der Waals surface area (Å²) in [5.74, 6) is -0.790. The first-order chi connectivity index (χ1) is 11.3. The van der Waals surface area contributed by atoms with Crippen molar-refractivity contribution in [1.82, 2.24) is 5.32 Å². The van der Waals surface area contributed by atoms with Gasteiger partial charge in [0.1, 0.15) is 0 Å². The van der Waals surface area contributed by atoms with Gasteiger partial charge in [0, 0.05) is 5.69 Å². The molecule has 0 saturated heterocycles. The summed E-state index contributed by atoms with van der Waals surface area (Å²) in [6.07, 6.45) is -0.793. The molecule has 1 atom stereocenters. The van der Waals surface area contributed by atoms with Gasteiger partial charge in [0.15, 0.2) is 13.1 Å². The van der Waals surface area contributed by atoms with Crippen molar-refractivity contribution in [2.75, 3.05) is 31.6 Å². The minimum absolute atomic E-state index is 0.0237. The third-order valence-corrected chi connectivity index (χ3v) is 3.78. The van der Waals surface area contributed by atoms with Crippen molar-refractivity contribution < 1.29 is 24.0 Å². The van der Waals surface area contributed by atoms with Crippen LogP contribution in [0.2, 0.25) is 10.0 Å². The lowest BCUT2D eigenvalue weighted by atomic mass is 10.3. The Bertz CT molecular complexity index is 610. The number of hydrogen-bond acceptors (Lipinski definition) is 4. The molecule has 132 valence electrons. The molecular formula is C15H20Cl2N3O4+. The first-order valence-corrected chi connectivity index (χ1v) is 8.16. The van der Waals surface area contributed by atoms with Crippen molar-refractivity contribution in [3.05, 3.63) is 28.2 Å². The summed E-state index contributed by atoms with van der Waals surface area (Å²) in [6, 6.07) is 4.75. The van der Waals surface area contributed by atoms with Gasteiger partial charge < -0.3 is 15.0 Å². The van der Waals surface area contributed by atoms with Crippen LogP contribution in [0.15, 0.2) is 18.2 Å². The highest BCUT2D eigenvalue weighted by Gasteiger charge is 2.18. The quantitative estimate of drug-likeness (QED) is 0.664. The topological polar surface area (TPSA) is 88.9 Å². The molecule has 9 heteroatoms. The molecule has 0 heterocycles. The van der Waals surface area contributed by atoms with Gasteiger partial charge in [-0.05, 0) is 32.0 Å². The number of carbonyl (C=O) groups excluding carboxylic acids is 3. The molecular weight excluding hydrogens is 357 g/mol. The summed E-state index contributed by atoms with van der Waals surface area (Å²) in [6.45, 7) is 4.22. The van der Waals surface area contributed by atoms with Crippen LogP contribution in [0.3, 0.4) is 0 Å². The molecule has 0 aromatic heterocycles. The zero-order chi connectivity index (χ0) is 18.1. The second-order valence-corrected chi connectivity index (χ2v) is 5.72. The Labute approximate surface area is 150 Å². The summed E-state index contributed by atoms with van der Waals surface area (Å²) >= 11 is 11.7. The lowest BCUT2D eigenvalue weighted by Gasteiger charge is -2.16. The lowest BCUT2D eigenvalue weighted by Crippen LogP contribution is -3.14. The second kappa shape index (κ2) is 10.1. The van der Waals surface area contributed by atoms with Crippen LogP contribution in [0.5, 0.6) is 0 Å². The van der Waals surface area contributed by atoms with E-state index in [4.69, 9.17) is 23.2 Å². The highest BCUT2D eigenvalue weighted by atomic mass is 35.5. The number of amides is 3. The number of carbonyl (C=O) groups is 3. The van der Waals surface area contributed by atoms with E-state index in [-0.39, 0.29) is 25.6 Å². The first-order valence-electron chi connectivity index (χ1n) is 7.40. The zero-order valence-electron chi connectivity index (χ0n) is 13.4. The molecule has 0 fully saturated rings. The standard InChI is InChI=1S/C15H19Cl2N3O4/c1-3-20(9-14(22)19-15(23)24-4-2)8-13(21)18-10-5-6-11(16)12(17)7-10/h5-7H,3-4,8-9H2,1-2H3,(H,18,21)(H,19,22,23)/p+1. The number of alkyl carbamates (subject to hydrolysis) is 1. The number of likely N-dealkylation sites (N-methyl/N-ethyl adjacent to an activating group) is 1. The molecule has 1 rings (SSSR count). The molecule has 0 aliphatic rings. The molecule has 24 heavy (non-hydrogen) atoms. The summed E-state index contributed by atoms with van der Waals surface area (Å²) in [5, 5.41) is 5.51. The van der Waals surface area contributed by atoms with Gasteiger partial charge in [0.2, 0.25) is 0 Å². The molecule has 0 bridgehead atoms. The Hall–Kier alpha value is -1.83. The smallest absolute Gasteiger partial charge is 0.414 e. The van der Waals surface area contributed by atoms with E-state index >= 15 is 0 Å². The van der Waals surface area contributed by atoms with Crippen LogP contribution < -0.4 is 15.5 Å². The first kappa shape index (κ1) is 20.2. The van der Waals surface area contributed by atoms with Crippen LogP contribution in [0, 0.1) is 0 Å². The van der Waals surface area contributed by atoms with Gasteiger partial charge in [0.25, 0.3) is 11.8 Å². The molecule has 0 aliphatic carbocycles. The molecule has 1 unspecified atom stereocenters. The average Bonchev–Trinajstić information content (AvgIpc) is 2.50. The number of quaternary nitrogens is 1. The summed E-state index contributed by atoms with van der Waals surface area (Å²) in [5.41, 5.74) is 0.515. The van der Waals surface area contributed by atoms with Crippen molar-refractivity contribution >= 4 is 46.8 Å². The summed E-state index contributed by atoms with van der Waals surface area (Å²) in [7, 11) is 0. The minimum Gasteiger partial charge on any atom is -0.450 e. The number of rotatable bonds is 7. The Morgan fingerprint density at radius 2 is 1.75 bits per heavy atom. The van der Waals surface area contributed by atoms with Gasteiger partial charge in [-0.3, -0.25) is 14.9 Å². The summed E-state index contributed by atoms with van der Waals surface area (Å²) < 4.78 is 4.63. The molecule has 0 spiro atoms. The van der Waals surface area contributed by atoms with E-state index in [0.29, 0.717) is 27.2 Å². The minimum atomic E-state index is -0.793. The number of imide groups is 1. The van der Waals surface area contributed by atoms with Crippen LogP contribution in [-0.4, -0.2) is 44.1 Å². The van der Waals surface area contributed by atoms with Gasteiger partial charge in [-0.1, -0.05) is 23.2 Å². The van der Waals surface area contributed by atoms with Gasteiger partial charge >= 0.3 is 6.09 Å². The number of nitrogens with one attached hydrogen (secondary N) is 3. The third kappa shape index (κ3) is 7.16. The van der Waals surface area contributed by atoms with E-state index in [1.54, 1.807) is 25.1 Å². The van der Waals surface area contributed by atoms with E-state index in [0.717, 1.165) is 0 Å². The molecule has 0 aliphatic heterocycles. The Morgan fingerprint density at radius 3 is 2.33 bits per heavy atom. The van der Waals surface area contributed by atoms with Crippen molar-refractivity contribution in [1.29, 1.82) is 0 Å². The molecule has 7 nitrogen and oxygen atoms in total. The number of anilines is 1. The van der Waals surface area contributed by atoms with Crippen molar-refractivity contribution in [2.45, 2.75) is 13.8 Å². The number of benzene rings is 1. The number of ether oxygens (including phenoxy) is 1. The van der Waals surface area contributed by atoms with Gasteiger partial charge in [-0.2, -0.15) is 0 Å². The Kier molecular flexibility index (Phi) is 8.53. The van der Waals surface area contributed by atoms with Gasteiger partial charge in [-0.25, -0.2) is 4.79 Å². The zero-order valence-corrected chi connectivity index (χ0v) is 15.0. The van der Waals surface area contributed by atoms with E-state index in [2.05, 4.69) is 15.4 Å². The van der Waals surface area contributed by atoms with Crippen LogP contribution in [0.25, 0.3) is 0 Å². The van der Waals surface area contributed by atoms with E-state index in [1.165, 1.54) is 0 Å². The normalized spacial score (nSPS) is 11.5.